The number of aromatic nitrogens is 2. The predicted octanol–water partition coefficient (Wildman–Crippen LogP) is 4.16. The molecule has 1 N–H and O–H groups in total. The molecular weight excluding hydrogens is 312 g/mol. The zero-order valence-corrected chi connectivity index (χ0v) is 15.0. The van der Waals surface area contributed by atoms with Crippen LogP contribution >= 0.6 is 0 Å². The lowest BCUT2D eigenvalue weighted by Crippen LogP contribution is -2.11. The van der Waals surface area contributed by atoms with Crippen LogP contribution in [0.1, 0.15) is 37.6 Å². The van der Waals surface area contributed by atoms with Gasteiger partial charge in [-0.1, -0.05) is 38.1 Å². The van der Waals surface area contributed by atoms with Crippen LogP contribution in [0.5, 0.6) is 5.75 Å². The molecule has 0 radical (unpaired) electrons. The molecule has 2 aromatic carbocycles. The van der Waals surface area contributed by atoms with E-state index < -0.39 is 0 Å². The van der Waals surface area contributed by atoms with Gasteiger partial charge in [0.1, 0.15) is 18.2 Å². The topological polar surface area (TPSA) is 47.3 Å². The van der Waals surface area contributed by atoms with Crippen molar-refractivity contribution in [1.29, 1.82) is 0 Å². The van der Waals surface area contributed by atoms with Crippen molar-refractivity contribution >= 4 is 11.0 Å². The molecule has 0 amide bonds. The SMILES string of the molecule is CC(C)c1ccc(OCCn2c(CCCO)nc3ccccc32)cc1. The molecule has 132 valence electrons. The van der Waals surface area contributed by atoms with E-state index in [4.69, 9.17) is 14.8 Å². The van der Waals surface area contributed by atoms with Crippen molar-refractivity contribution in [2.24, 2.45) is 0 Å². The molecule has 0 bridgehead atoms. The first-order valence-electron chi connectivity index (χ1n) is 8.97. The minimum absolute atomic E-state index is 0.182. The molecule has 1 aromatic heterocycles. The summed E-state index contributed by atoms with van der Waals surface area (Å²) in [6.07, 6.45) is 1.50. The van der Waals surface area contributed by atoms with E-state index in [0.717, 1.165) is 42.0 Å². The third kappa shape index (κ3) is 4.20. The molecule has 0 fully saturated rings. The molecule has 1 heterocycles. The predicted molar refractivity (Wildman–Crippen MR) is 101 cm³/mol. The van der Waals surface area contributed by atoms with Gasteiger partial charge in [-0.25, -0.2) is 4.98 Å². The molecule has 0 aliphatic heterocycles. The number of aliphatic hydroxyl groups excluding tert-OH is 1. The maximum Gasteiger partial charge on any atom is 0.119 e. The van der Waals surface area contributed by atoms with E-state index in [-0.39, 0.29) is 6.61 Å². The number of nitrogens with zero attached hydrogens (tertiary/aromatic N) is 2. The summed E-state index contributed by atoms with van der Waals surface area (Å²) in [4.78, 5) is 4.70. The van der Waals surface area contributed by atoms with Crippen molar-refractivity contribution in [3.63, 3.8) is 0 Å². The molecule has 0 unspecified atom stereocenters. The monoisotopic (exact) mass is 338 g/mol. The van der Waals surface area contributed by atoms with Gasteiger partial charge in [-0.2, -0.15) is 0 Å². The highest BCUT2D eigenvalue weighted by Crippen LogP contribution is 2.20. The molecule has 0 aliphatic carbocycles. The van der Waals surface area contributed by atoms with Crippen LogP contribution in [0.2, 0.25) is 0 Å². The second-order valence-corrected chi connectivity index (χ2v) is 6.57. The van der Waals surface area contributed by atoms with Crippen LogP contribution in [-0.2, 0) is 13.0 Å². The number of para-hydroxylation sites is 2. The highest BCUT2D eigenvalue weighted by molar-refractivity contribution is 5.75. The Hall–Kier alpha value is -2.33. The Bertz CT molecular complexity index is 806. The lowest BCUT2D eigenvalue weighted by atomic mass is 10.0. The molecule has 0 atom stereocenters. The van der Waals surface area contributed by atoms with E-state index in [1.54, 1.807) is 0 Å². The molecule has 3 aromatic rings. The van der Waals surface area contributed by atoms with Crippen LogP contribution in [0.15, 0.2) is 48.5 Å². The average molecular weight is 338 g/mol. The fourth-order valence-corrected chi connectivity index (χ4v) is 3.01. The van der Waals surface area contributed by atoms with Crippen LogP contribution in [0.25, 0.3) is 11.0 Å². The van der Waals surface area contributed by atoms with Crippen molar-refractivity contribution in [1.82, 2.24) is 9.55 Å². The maximum absolute atomic E-state index is 9.12. The minimum atomic E-state index is 0.182. The lowest BCUT2D eigenvalue weighted by Gasteiger charge is -2.12. The Balaban J connectivity index is 1.69. The number of hydrogen-bond donors (Lipinski definition) is 1. The van der Waals surface area contributed by atoms with Crippen LogP contribution in [0.3, 0.4) is 0 Å². The summed E-state index contributed by atoms with van der Waals surface area (Å²) >= 11 is 0. The summed E-state index contributed by atoms with van der Waals surface area (Å²) < 4.78 is 8.13. The molecule has 0 spiro atoms. The molecule has 4 nitrogen and oxygen atoms in total. The summed E-state index contributed by atoms with van der Waals surface area (Å²) in [6, 6.07) is 16.5. The molecule has 25 heavy (non-hydrogen) atoms. The van der Waals surface area contributed by atoms with Gasteiger partial charge in [0, 0.05) is 13.0 Å². The minimum Gasteiger partial charge on any atom is -0.492 e. The molecule has 0 saturated heterocycles. The lowest BCUT2D eigenvalue weighted by molar-refractivity contribution is 0.283. The average Bonchev–Trinajstić information content (AvgIpc) is 2.98. The zero-order chi connectivity index (χ0) is 17.6. The number of aryl methyl sites for hydroxylation is 1. The molecule has 0 saturated carbocycles. The van der Waals surface area contributed by atoms with Crippen molar-refractivity contribution in [3.05, 3.63) is 59.9 Å². The first kappa shape index (κ1) is 17.5. The Kier molecular flexibility index (Phi) is 5.71. The Labute approximate surface area is 149 Å². The van der Waals surface area contributed by atoms with Gasteiger partial charge in [0.05, 0.1) is 17.6 Å². The van der Waals surface area contributed by atoms with Crippen molar-refractivity contribution in [3.8, 4) is 5.75 Å². The van der Waals surface area contributed by atoms with Gasteiger partial charge in [0.2, 0.25) is 0 Å². The number of fused-ring (bicyclic) bond motifs is 1. The number of benzene rings is 2. The van der Waals surface area contributed by atoms with Gasteiger partial charge in [-0.15, -0.1) is 0 Å². The van der Waals surface area contributed by atoms with E-state index in [1.807, 2.05) is 30.3 Å². The van der Waals surface area contributed by atoms with Crippen LogP contribution < -0.4 is 4.74 Å². The van der Waals surface area contributed by atoms with Gasteiger partial charge in [-0.3, -0.25) is 0 Å². The second kappa shape index (κ2) is 8.17. The van der Waals surface area contributed by atoms with E-state index in [9.17, 15) is 0 Å². The Morgan fingerprint density at radius 3 is 2.56 bits per heavy atom. The highest BCUT2D eigenvalue weighted by atomic mass is 16.5. The van der Waals surface area contributed by atoms with Gasteiger partial charge in [0.25, 0.3) is 0 Å². The smallest absolute Gasteiger partial charge is 0.119 e. The molecule has 0 aliphatic rings. The van der Waals surface area contributed by atoms with Crippen molar-refractivity contribution in [2.75, 3.05) is 13.2 Å². The maximum atomic E-state index is 9.12. The van der Waals surface area contributed by atoms with Gasteiger partial charge >= 0.3 is 0 Å². The number of ether oxygens (including phenoxy) is 1. The normalized spacial score (nSPS) is 11.4. The molecule has 3 rings (SSSR count). The van der Waals surface area contributed by atoms with Gasteiger partial charge in [-0.05, 0) is 42.2 Å². The van der Waals surface area contributed by atoms with E-state index >= 15 is 0 Å². The summed E-state index contributed by atoms with van der Waals surface area (Å²) in [5.74, 6) is 2.43. The fraction of sp³-hybridized carbons (Fsp3) is 0.381. The molecular formula is C21H26N2O2. The van der Waals surface area contributed by atoms with E-state index in [0.29, 0.717) is 12.5 Å². The van der Waals surface area contributed by atoms with E-state index in [1.165, 1.54) is 5.56 Å². The standard InChI is InChI=1S/C21H26N2O2/c1-16(2)17-9-11-18(12-10-17)25-15-13-23-20-7-4-3-6-19(20)22-21(23)8-5-14-24/h3-4,6-7,9-12,16,24H,5,8,13-15H2,1-2H3. The summed E-state index contributed by atoms with van der Waals surface area (Å²) in [5.41, 5.74) is 3.44. The number of rotatable bonds is 8. The summed E-state index contributed by atoms with van der Waals surface area (Å²) in [5, 5.41) is 9.12. The van der Waals surface area contributed by atoms with Crippen LogP contribution in [0, 0.1) is 0 Å². The van der Waals surface area contributed by atoms with Gasteiger partial charge in [0.15, 0.2) is 0 Å². The zero-order valence-electron chi connectivity index (χ0n) is 15.0. The first-order chi connectivity index (χ1) is 12.2. The third-order valence-corrected chi connectivity index (χ3v) is 4.42. The molecule has 4 heteroatoms. The van der Waals surface area contributed by atoms with Gasteiger partial charge < -0.3 is 14.4 Å². The quantitative estimate of drug-likeness (QED) is 0.671. The second-order valence-electron chi connectivity index (χ2n) is 6.57. The summed E-state index contributed by atoms with van der Waals surface area (Å²) in [6.45, 7) is 5.89. The fourth-order valence-electron chi connectivity index (χ4n) is 3.01. The summed E-state index contributed by atoms with van der Waals surface area (Å²) in [7, 11) is 0. The number of aliphatic hydroxyl groups is 1. The highest BCUT2D eigenvalue weighted by Gasteiger charge is 2.10. The number of imidazole rings is 1. The third-order valence-electron chi connectivity index (χ3n) is 4.42. The van der Waals surface area contributed by atoms with Crippen LogP contribution in [-0.4, -0.2) is 27.9 Å². The van der Waals surface area contributed by atoms with Crippen molar-refractivity contribution < 1.29 is 9.84 Å². The Morgan fingerprint density at radius 2 is 1.84 bits per heavy atom. The van der Waals surface area contributed by atoms with E-state index in [2.05, 4.69) is 36.6 Å². The Morgan fingerprint density at radius 1 is 1.08 bits per heavy atom. The first-order valence-corrected chi connectivity index (χ1v) is 8.97. The largest absolute Gasteiger partial charge is 0.492 e. The van der Waals surface area contributed by atoms with Crippen LogP contribution in [0.4, 0.5) is 0 Å². The number of hydrogen-bond acceptors (Lipinski definition) is 3. The van der Waals surface area contributed by atoms with Crippen molar-refractivity contribution in [2.45, 2.75) is 39.2 Å².